The summed E-state index contributed by atoms with van der Waals surface area (Å²) in [6.45, 7) is 0.851. The minimum absolute atomic E-state index is 0.0381. The van der Waals surface area contributed by atoms with E-state index in [1.54, 1.807) is 18.2 Å². The number of hydrogen-bond donors (Lipinski definition) is 2. The van der Waals surface area contributed by atoms with Crippen molar-refractivity contribution in [2.24, 2.45) is 5.73 Å². The van der Waals surface area contributed by atoms with Crippen LogP contribution < -0.4 is 16.5 Å². The van der Waals surface area contributed by atoms with Crippen LogP contribution in [-0.4, -0.2) is 18.1 Å². The van der Waals surface area contributed by atoms with E-state index in [0.717, 1.165) is 23.5 Å². The maximum atomic E-state index is 14.2. The quantitative estimate of drug-likeness (QED) is 0.434. The van der Waals surface area contributed by atoms with Crippen molar-refractivity contribution in [2.45, 2.75) is 0 Å². The van der Waals surface area contributed by atoms with Gasteiger partial charge in [0.2, 0.25) is 0 Å². The Hall–Kier alpha value is -2.64. The number of anilines is 1. The molecule has 4 aromatic rings. The molecule has 2 heterocycles. The Bertz CT molecular complexity index is 1190. The highest BCUT2D eigenvalue weighted by atomic mass is 32.1. The molecule has 0 aliphatic rings. The van der Waals surface area contributed by atoms with Gasteiger partial charge in [-0.1, -0.05) is 18.2 Å². The van der Waals surface area contributed by atoms with Gasteiger partial charge in [-0.25, -0.2) is 13.8 Å². The van der Waals surface area contributed by atoms with Crippen LogP contribution in [0, 0.1) is 11.6 Å². The van der Waals surface area contributed by atoms with Gasteiger partial charge in [0.05, 0.1) is 20.3 Å². The van der Waals surface area contributed by atoms with Crippen LogP contribution >= 0.6 is 11.3 Å². The van der Waals surface area contributed by atoms with Crippen molar-refractivity contribution >= 4 is 48.2 Å². The lowest BCUT2D eigenvalue weighted by atomic mass is 10.1. The Labute approximate surface area is 144 Å². The van der Waals surface area contributed by atoms with Gasteiger partial charge in [0, 0.05) is 29.9 Å². The summed E-state index contributed by atoms with van der Waals surface area (Å²) in [6.07, 6.45) is 0. The molecule has 0 unspecified atom stereocenters. The monoisotopic (exact) mass is 357 g/mol. The van der Waals surface area contributed by atoms with Gasteiger partial charge in [-0.2, -0.15) is 0 Å². The number of halogens is 2. The number of rotatable bonds is 3. The van der Waals surface area contributed by atoms with Crippen molar-refractivity contribution in [1.82, 2.24) is 4.98 Å². The lowest BCUT2D eigenvalue weighted by Crippen LogP contribution is -2.15. The summed E-state index contributed by atoms with van der Waals surface area (Å²) in [4.78, 5) is 17.6. The number of pyridine rings is 1. The number of hydrogen-bond acceptors (Lipinski definition) is 5. The zero-order valence-corrected chi connectivity index (χ0v) is 13.8. The first kappa shape index (κ1) is 15.9. The van der Waals surface area contributed by atoms with Crippen molar-refractivity contribution in [3.63, 3.8) is 0 Å². The van der Waals surface area contributed by atoms with Crippen LogP contribution in [0.5, 0.6) is 0 Å². The first-order valence-corrected chi connectivity index (χ1v) is 8.50. The number of nitrogens with one attached hydrogen (secondary N) is 1. The summed E-state index contributed by atoms with van der Waals surface area (Å²) >= 11 is 1.09. The molecule has 126 valence electrons. The van der Waals surface area contributed by atoms with Crippen LogP contribution in [0.25, 0.3) is 31.1 Å². The van der Waals surface area contributed by atoms with Gasteiger partial charge in [-0.05, 0) is 12.1 Å². The summed E-state index contributed by atoms with van der Waals surface area (Å²) in [5, 5.41) is 4.20. The summed E-state index contributed by atoms with van der Waals surface area (Å²) in [7, 11) is 0. The topological polar surface area (TPSA) is 68.0 Å². The summed E-state index contributed by atoms with van der Waals surface area (Å²) < 4.78 is 28.5. The Morgan fingerprint density at radius 2 is 1.92 bits per heavy atom. The number of fused-ring (bicyclic) bond motifs is 4. The van der Waals surface area contributed by atoms with E-state index in [4.69, 9.17) is 5.73 Å². The SMILES string of the molecule is NCCNc1nc2ccccc2c2c(=O)c3cc(F)cc(F)c3sc12. The van der Waals surface area contributed by atoms with E-state index in [-0.39, 0.29) is 10.1 Å². The smallest absolute Gasteiger partial charge is 0.196 e. The lowest BCUT2D eigenvalue weighted by Gasteiger charge is -2.11. The zero-order valence-electron chi connectivity index (χ0n) is 13.0. The molecule has 0 atom stereocenters. The fourth-order valence-electron chi connectivity index (χ4n) is 2.90. The highest BCUT2D eigenvalue weighted by molar-refractivity contribution is 7.25. The van der Waals surface area contributed by atoms with Gasteiger partial charge in [0.15, 0.2) is 5.43 Å². The molecule has 0 saturated carbocycles. The predicted molar refractivity (Wildman–Crippen MR) is 98.4 cm³/mol. The van der Waals surface area contributed by atoms with E-state index < -0.39 is 17.1 Å². The molecule has 0 fully saturated rings. The standard InChI is InChI=1S/C18H13F2N3OS/c19-9-7-11-15(24)14-10-3-1-2-4-13(10)23-18(22-6-5-21)17(14)25-16(11)12(20)8-9/h1-4,7-8H,5-6,21H2,(H,22,23). The molecule has 2 aromatic carbocycles. The van der Waals surface area contributed by atoms with Crippen LogP contribution in [0.1, 0.15) is 0 Å². The van der Waals surface area contributed by atoms with Gasteiger partial charge < -0.3 is 11.1 Å². The maximum absolute atomic E-state index is 14.2. The average molecular weight is 357 g/mol. The average Bonchev–Trinajstić information content (AvgIpc) is 2.60. The fourth-order valence-corrected chi connectivity index (χ4v) is 4.04. The second kappa shape index (κ2) is 6.02. The highest BCUT2D eigenvalue weighted by Gasteiger charge is 2.17. The summed E-state index contributed by atoms with van der Waals surface area (Å²) in [5.74, 6) is -1.04. The molecule has 0 saturated heterocycles. The van der Waals surface area contributed by atoms with E-state index in [1.165, 1.54) is 0 Å². The van der Waals surface area contributed by atoms with Gasteiger partial charge in [-0.15, -0.1) is 11.3 Å². The lowest BCUT2D eigenvalue weighted by molar-refractivity contribution is 0.593. The first-order valence-electron chi connectivity index (χ1n) is 7.68. The third-order valence-corrected chi connectivity index (χ3v) is 5.19. The second-order valence-corrected chi connectivity index (χ2v) is 6.61. The van der Waals surface area contributed by atoms with Gasteiger partial charge in [0.1, 0.15) is 17.5 Å². The molecular formula is C18H13F2N3OS. The van der Waals surface area contributed by atoms with Crippen molar-refractivity contribution in [2.75, 3.05) is 18.4 Å². The molecule has 0 radical (unpaired) electrons. The predicted octanol–water partition coefficient (Wildman–Crippen LogP) is 3.61. The van der Waals surface area contributed by atoms with Crippen LogP contribution in [0.3, 0.4) is 0 Å². The minimum atomic E-state index is -0.770. The largest absolute Gasteiger partial charge is 0.368 e. The molecule has 4 nitrogen and oxygen atoms in total. The molecule has 2 aromatic heterocycles. The molecule has 0 bridgehead atoms. The van der Waals surface area contributed by atoms with E-state index in [1.807, 2.05) is 6.07 Å². The maximum Gasteiger partial charge on any atom is 0.196 e. The summed E-state index contributed by atoms with van der Waals surface area (Å²) in [6, 6.07) is 9.07. The molecule has 0 aliphatic heterocycles. The number of para-hydroxylation sites is 1. The Morgan fingerprint density at radius 3 is 2.72 bits per heavy atom. The molecular weight excluding hydrogens is 344 g/mol. The second-order valence-electron chi connectivity index (χ2n) is 5.59. The number of benzene rings is 2. The van der Waals surface area contributed by atoms with Crippen molar-refractivity contribution in [3.8, 4) is 0 Å². The molecule has 25 heavy (non-hydrogen) atoms. The molecule has 7 heteroatoms. The van der Waals surface area contributed by atoms with E-state index >= 15 is 0 Å². The normalized spacial score (nSPS) is 11.5. The van der Waals surface area contributed by atoms with Crippen molar-refractivity contribution < 1.29 is 8.78 Å². The van der Waals surface area contributed by atoms with Crippen LogP contribution in [0.4, 0.5) is 14.6 Å². The number of nitrogens with two attached hydrogens (primary N) is 1. The number of aromatic nitrogens is 1. The van der Waals surface area contributed by atoms with E-state index in [9.17, 15) is 13.6 Å². The first-order chi connectivity index (χ1) is 12.1. The van der Waals surface area contributed by atoms with Crippen LogP contribution in [0.2, 0.25) is 0 Å². The van der Waals surface area contributed by atoms with E-state index in [2.05, 4.69) is 10.3 Å². The van der Waals surface area contributed by atoms with Crippen molar-refractivity contribution in [3.05, 3.63) is 58.3 Å². The van der Waals surface area contributed by atoms with Crippen molar-refractivity contribution in [1.29, 1.82) is 0 Å². The molecule has 0 amide bonds. The Balaban J connectivity index is 2.24. The third kappa shape index (κ3) is 2.52. The fraction of sp³-hybridized carbons (Fsp3) is 0.111. The Kier molecular flexibility index (Phi) is 3.82. The third-order valence-electron chi connectivity index (χ3n) is 3.97. The van der Waals surface area contributed by atoms with Gasteiger partial charge in [0.25, 0.3) is 0 Å². The van der Waals surface area contributed by atoms with Gasteiger partial charge in [-0.3, -0.25) is 4.79 Å². The zero-order chi connectivity index (χ0) is 17.6. The molecule has 4 rings (SSSR count). The number of nitrogens with zero attached hydrogens (tertiary/aromatic N) is 1. The minimum Gasteiger partial charge on any atom is -0.368 e. The molecule has 0 aliphatic carbocycles. The summed E-state index contributed by atoms with van der Waals surface area (Å²) in [5.41, 5.74) is 5.77. The van der Waals surface area contributed by atoms with Crippen LogP contribution in [0.15, 0.2) is 41.2 Å². The Morgan fingerprint density at radius 1 is 1.12 bits per heavy atom. The molecule has 0 spiro atoms. The molecule has 3 N–H and O–H groups in total. The highest BCUT2D eigenvalue weighted by Crippen LogP contribution is 2.35. The van der Waals surface area contributed by atoms with Gasteiger partial charge >= 0.3 is 0 Å². The van der Waals surface area contributed by atoms with Crippen LogP contribution in [-0.2, 0) is 0 Å². The van der Waals surface area contributed by atoms with E-state index in [0.29, 0.717) is 39.9 Å².